The first-order chi connectivity index (χ1) is 10.3. The number of nitrogens with one attached hydrogen (secondary N) is 1. The van der Waals surface area contributed by atoms with E-state index in [1.165, 1.54) is 0 Å². The Labute approximate surface area is 119 Å². The highest BCUT2D eigenvalue weighted by atomic mass is 16.5. The minimum absolute atomic E-state index is 0.632. The summed E-state index contributed by atoms with van der Waals surface area (Å²) in [6.07, 6.45) is 1.75. The van der Waals surface area contributed by atoms with Crippen molar-refractivity contribution >= 4 is 33.0 Å². The van der Waals surface area contributed by atoms with Crippen LogP contribution in [0.2, 0.25) is 0 Å². The van der Waals surface area contributed by atoms with Crippen LogP contribution in [-0.4, -0.2) is 34.4 Å². The van der Waals surface area contributed by atoms with Crippen molar-refractivity contribution < 1.29 is 9.47 Å². The third kappa shape index (κ3) is 1.62. The number of ether oxygens (including phenoxy) is 2. The van der Waals surface area contributed by atoms with Crippen molar-refractivity contribution in [3.8, 4) is 11.5 Å². The van der Waals surface area contributed by atoms with E-state index in [4.69, 9.17) is 9.47 Å². The molecule has 3 heterocycles. The molecule has 6 heteroatoms. The van der Waals surface area contributed by atoms with Gasteiger partial charge in [-0.25, -0.2) is 4.98 Å². The molecule has 0 atom stereocenters. The Hall–Kier alpha value is -2.89. The van der Waals surface area contributed by atoms with Crippen LogP contribution in [0.25, 0.3) is 33.0 Å². The maximum Gasteiger partial charge on any atom is 0.162 e. The van der Waals surface area contributed by atoms with Gasteiger partial charge in [-0.3, -0.25) is 0 Å². The summed E-state index contributed by atoms with van der Waals surface area (Å²) in [6, 6.07) is 7.58. The van der Waals surface area contributed by atoms with E-state index in [0.29, 0.717) is 11.5 Å². The molecule has 0 radical (unpaired) electrons. The van der Waals surface area contributed by atoms with Gasteiger partial charge in [0.25, 0.3) is 0 Å². The molecule has 0 aliphatic carbocycles. The van der Waals surface area contributed by atoms with Crippen molar-refractivity contribution in [3.63, 3.8) is 0 Å². The second-order valence-electron chi connectivity index (χ2n) is 4.67. The van der Waals surface area contributed by atoms with E-state index in [-0.39, 0.29) is 0 Å². The predicted octanol–water partition coefficient (Wildman–Crippen LogP) is 2.68. The normalized spacial score (nSPS) is 11.3. The minimum Gasteiger partial charge on any atom is -0.493 e. The number of aromatic amines is 1. The van der Waals surface area contributed by atoms with Gasteiger partial charge in [-0.15, -0.1) is 10.2 Å². The lowest BCUT2D eigenvalue weighted by Gasteiger charge is -2.08. The largest absolute Gasteiger partial charge is 0.493 e. The summed E-state index contributed by atoms with van der Waals surface area (Å²) in [5.74, 6) is 1.29. The summed E-state index contributed by atoms with van der Waals surface area (Å²) in [5, 5.41) is 10.5. The SMILES string of the molecule is COc1cc2nnc3c4cccnc4[nH]c3c2cc1OC. The third-order valence-corrected chi connectivity index (χ3v) is 3.57. The highest BCUT2D eigenvalue weighted by Crippen LogP contribution is 2.35. The lowest BCUT2D eigenvalue weighted by atomic mass is 10.1. The molecule has 4 aromatic rings. The van der Waals surface area contributed by atoms with Crippen LogP contribution in [-0.2, 0) is 0 Å². The maximum absolute atomic E-state index is 5.36. The zero-order valence-corrected chi connectivity index (χ0v) is 11.5. The van der Waals surface area contributed by atoms with Gasteiger partial charge < -0.3 is 14.5 Å². The number of rotatable bonds is 2. The molecule has 1 N–H and O–H groups in total. The van der Waals surface area contributed by atoms with Crippen LogP contribution in [0.15, 0.2) is 30.5 Å². The van der Waals surface area contributed by atoms with Gasteiger partial charge in [0, 0.05) is 23.0 Å². The predicted molar refractivity (Wildman–Crippen MR) is 79.8 cm³/mol. The Morgan fingerprint density at radius 1 is 1.00 bits per heavy atom. The number of pyridine rings is 1. The van der Waals surface area contributed by atoms with Crippen LogP contribution in [0.3, 0.4) is 0 Å². The van der Waals surface area contributed by atoms with Crippen molar-refractivity contribution in [1.82, 2.24) is 20.2 Å². The molecule has 0 unspecified atom stereocenters. The summed E-state index contributed by atoms with van der Waals surface area (Å²) in [6.45, 7) is 0. The lowest BCUT2D eigenvalue weighted by molar-refractivity contribution is 0.356. The molecule has 1 aromatic carbocycles. The molecule has 0 bridgehead atoms. The Bertz CT molecular complexity index is 978. The Balaban J connectivity index is 2.17. The summed E-state index contributed by atoms with van der Waals surface area (Å²) in [4.78, 5) is 7.62. The molecule has 6 nitrogen and oxygen atoms in total. The number of nitrogens with zero attached hydrogens (tertiary/aromatic N) is 3. The van der Waals surface area contributed by atoms with Crippen molar-refractivity contribution in [3.05, 3.63) is 30.5 Å². The van der Waals surface area contributed by atoms with Crippen LogP contribution < -0.4 is 9.47 Å². The number of H-pyrrole nitrogens is 1. The van der Waals surface area contributed by atoms with E-state index in [0.717, 1.165) is 33.0 Å². The minimum atomic E-state index is 0.632. The fourth-order valence-corrected chi connectivity index (χ4v) is 2.56. The van der Waals surface area contributed by atoms with Gasteiger partial charge in [0.05, 0.1) is 25.3 Å². The first kappa shape index (κ1) is 11.9. The van der Waals surface area contributed by atoms with E-state index >= 15 is 0 Å². The molecule has 4 rings (SSSR count). The smallest absolute Gasteiger partial charge is 0.162 e. The Kier molecular flexibility index (Phi) is 2.44. The van der Waals surface area contributed by atoms with Gasteiger partial charge in [-0.05, 0) is 18.2 Å². The molecule has 0 aliphatic rings. The highest BCUT2D eigenvalue weighted by molar-refractivity contribution is 6.13. The van der Waals surface area contributed by atoms with Crippen LogP contribution >= 0.6 is 0 Å². The van der Waals surface area contributed by atoms with Crippen LogP contribution in [0.1, 0.15) is 0 Å². The zero-order valence-electron chi connectivity index (χ0n) is 11.5. The molecule has 104 valence electrons. The van der Waals surface area contributed by atoms with E-state index in [9.17, 15) is 0 Å². The third-order valence-electron chi connectivity index (χ3n) is 3.57. The quantitative estimate of drug-likeness (QED) is 0.611. The fraction of sp³-hybridized carbons (Fsp3) is 0.133. The van der Waals surface area contributed by atoms with Crippen LogP contribution in [0, 0.1) is 0 Å². The van der Waals surface area contributed by atoms with Gasteiger partial charge in [-0.1, -0.05) is 0 Å². The summed E-state index contributed by atoms with van der Waals surface area (Å²) in [5.41, 5.74) is 3.24. The summed E-state index contributed by atoms with van der Waals surface area (Å²) < 4.78 is 10.7. The fourth-order valence-electron chi connectivity index (χ4n) is 2.56. The number of methoxy groups -OCH3 is 2. The van der Waals surface area contributed by atoms with Gasteiger partial charge in [0.1, 0.15) is 11.2 Å². The second kappa shape index (κ2) is 4.31. The molecule has 0 saturated heterocycles. The Morgan fingerprint density at radius 3 is 2.62 bits per heavy atom. The average molecular weight is 280 g/mol. The molecular formula is C15H12N4O2. The first-order valence-electron chi connectivity index (χ1n) is 6.46. The van der Waals surface area contributed by atoms with E-state index < -0.39 is 0 Å². The topological polar surface area (TPSA) is 72.9 Å². The van der Waals surface area contributed by atoms with Crippen LogP contribution in [0.5, 0.6) is 11.5 Å². The van der Waals surface area contributed by atoms with Crippen molar-refractivity contribution in [2.75, 3.05) is 14.2 Å². The summed E-state index contributed by atoms with van der Waals surface area (Å²) >= 11 is 0. The van der Waals surface area contributed by atoms with Crippen molar-refractivity contribution in [2.24, 2.45) is 0 Å². The van der Waals surface area contributed by atoms with Gasteiger partial charge in [0.15, 0.2) is 11.5 Å². The van der Waals surface area contributed by atoms with E-state index in [1.807, 2.05) is 24.3 Å². The maximum atomic E-state index is 5.36. The summed E-state index contributed by atoms with van der Waals surface area (Å²) in [7, 11) is 3.21. The zero-order chi connectivity index (χ0) is 14.4. The number of benzene rings is 1. The highest BCUT2D eigenvalue weighted by Gasteiger charge is 2.14. The van der Waals surface area contributed by atoms with E-state index in [1.54, 1.807) is 20.4 Å². The lowest BCUT2D eigenvalue weighted by Crippen LogP contribution is -1.93. The Morgan fingerprint density at radius 2 is 1.81 bits per heavy atom. The molecule has 0 saturated carbocycles. The molecule has 21 heavy (non-hydrogen) atoms. The van der Waals surface area contributed by atoms with Gasteiger partial charge in [0.2, 0.25) is 0 Å². The molecule has 0 aliphatic heterocycles. The molecule has 0 spiro atoms. The number of hydrogen-bond acceptors (Lipinski definition) is 5. The average Bonchev–Trinajstić information content (AvgIpc) is 2.92. The van der Waals surface area contributed by atoms with Crippen LogP contribution in [0.4, 0.5) is 0 Å². The first-order valence-corrected chi connectivity index (χ1v) is 6.46. The molecule has 0 fully saturated rings. The number of aromatic nitrogens is 4. The van der Waals surface area contributed by atoms with E-state index in [2.05, 4.69) is 20.2 Å². The molecule has 0 amide bonds. The van der Waals surface area contributed by atoms with Crippen molar-refractivity contribution in [2.45, 2.75) is 0 Å². The monoisotopic (exact) mass is 280 g/mol. The van der Waals surface area contributed by atoms with Gasteiger partial charge in [-0.2, -0.15) is 0 Å². The number of fused-ring (bicyclic) bond motifs is 5. The standard InChI is InChI=1S/C15H12N4O2/c1-20-11-6-9-10(7-12(11)21-2)18-19-14-8-4-3-5-16-15(8)17-13(9)14/h3-7H,1-2H3,(H,16,17). The molecule has 3 aromatic heterocycles. The second-order valence-corrected chi connectivity index (χ2v) is 4.67. The number of hydrogen-bond donors (Lipinski definition) is 1. The molecular weight excluding hydrogens is 268 g/mol. The van der Waals surface area contributed by atoms with Crippen molar-refractivity contribution in [1.29, 1.82) is 0 Å². The van der Waals surface area contributed by atoms with Gasteiger partial charge >= 0.3 is 0 Å².